The smallest absolute Gasteiger partial charge is 0.306 e. The number of carbonyl (C=O) groups excluding carboxylic acids is 1. The second-order valence-electron chi connectivity index (χ2n) is 5.58. The van der Waals surface area contributed by atoms with Crippen molar-refractivity contribution in [1.29, 1.82) is 0 Å². The van der Waals surface area contributed by atoms with Gasteiger partial charge in [-0.25, -0.2) is 0 Å². The van der Waals surface area contributed by atoms with Gasteiger partial charge in [0.05, 0.1) is 0 Å². The van der Waals surface area contributed by atoms with E-state index in [0.717, 1.165) is 38.5 Å². The summed E-state index contributed by atoms with van der Waals surface area (Å²) in [5.41, 5.74) is 0. The Labute approximate surface area is 124 Å². The van der Waals surface area contributed by atoms with Gasteiger partial charge in [0.15, 0.2) is 0 Å². The minimum absolute atomic E-state index is 0.00758. The summed E-state index contributed by atoms with van der Waals surface area (Å²) in [6.07, 6.45) is 20.6. The highest BCUT2D eigenvalue weighted by atomic mass is 16.5. The van der Waals surface area contributed by atoms with E-state index < -0.39 is 0 Å². The van der Waals surface area contributed by atoms with E-state index in [-0.39, 0.29) is 12.1 Å². The van der Waals surface area contributed by atoms with Gasteiger partial charge in [0.2, 0.25) is 0 Å². The Hall–Kier alpha value is -1.05. The molecule has 0 radical (unpaired) electrons. The number of rotatable bonds is 1. The second kappa shape index (κ2) is 11.7. The molecule has 1 atom stereocenters. The van der Waals surface area contributed by atoms with Crippen molar-refractivity contribution in [2.24, 2.45) is 0 Å². The van der Waals surface area contributed by atoms with Crippen LogP contribution in [-0.4, -0.2) is 12.1 Å². The number of carbonyl (C=O) groups is 1. The Bertz CT molecular complexity index is 305. The molecule has 0 N–H and O–H groups in total. The molecule has 0 saturated heterocycles. The number of esters is 1. The van der Waals surface area contributed by atoms with E-state index in [1.807, 2.05) is 0 Å². The summed E-state index contributed by atoms with van der Waals surface area (Å²) in [5.74, 6) is -0.00758. The number of hydrogen-bond acceptors (Lipinski definition) is 2. The van der Waals surface area contributed by atoms with Crippen LogP contribution in [0, 0.1) is 0 Å². The van der Waals surface area contributed by atoms with Crippen LogP contribution in [0.5, 0.6) is 0 Å². The van der Waals surface area contributed by atoms with E-state index in [1.54, 1.807) is 0 Å². The summed E-state index contributed by atoms with van der Waals surface area (Å²) in [6.45, 7) is 2.09. The summed E-state index contributed by atoms with van der Waals surface area (Å²) in [5, 5.41) is 0. The summed E-state index contributed by atoms with van der Waals surface area (Å²) < 4.78 is 5.54. The maximum Gasteiger partial charge on any atom is 0.306 e. The van der Waals surface area contributed by atoms with Gasteiger partial charge in [0.1, 0.15) is 6.10 Å². The van der Waals surface area contributed by atoms with Gasteiger partial charge in [0, 0.05) is 6.42 Å². The number of allylic oxidation sites excluding steroid dienone is 4. The highest BCUT2D eigenvalue weighted by Gasteiger charge is 2.11. The standard InChI is InChI=1S/C18H30O2/c1-2-17-15-13-11-9-7-5-3-4-6-8-10-12-14-16-18(19)20-17/h3,5,9,11,17H,2,4,6-8,10,12-16H2,1H3/b5-3-,11-9-. The van der Waals surface area contributed by atoms with Crippen LogP contribution in [0.15, 0.2) is 24.3 Å². The summed E-state index contributed by atoms with van der Waals surface area (Å²) >= 11 is 0. The lowest BCUT2D eigenvalue weighted by Crippen LogP contribution is -2.17. The normalized spacial score (nSPS) is 27.2. The maximum atomic E-state index is 11.7. The number of hydrogen-bond donors (Lipinski definition) is 0. The molecule has 1 aliphatic rings. The molecule has 0 amide bonds. The Morgan fingerprint density at radius 3 is 2.50 bits per heavy atom. The zero-order valence-corrected chi connectivity index (χ0v) is 13.0. The minimum atomic E-state index is -0.00758. The molecule has 0 spiro atoms. The van der Waals surface area contributed by atoms with E-state index in [1.165, 1.54) is 25.7 Å². The van der Waals surface area contributed by atoms with Crippen molar-refractivity contribution in [1.82, 2.24) is 0 Å². The monoisotopic (exact) mass is 278 g/mol. The van der Waals surface area contributed by atoms with Gasteiger partial charge < -0.3 is 4.74 Å². The third-order valence-corrected chi connectivity index (χ3v) is 3.77. The summed E-state index contributed by atoms with van der Waals surface area (Å²) in [7, 11) is 0. The fourth-order valence-electron chi connectivity index (χ4n) is 2.44. The van der Waals surface area contributed by atoms with Gasteiger partial charge >= 0.3 is 5.97 Å². The number of ether oxygens (including phenoxy) is 1. The molecule has 114 valence electrons. The predicted molar refractivity (Wildman–Crippen MR) is 84.6 cm³/mol. The van der Waals surface area contributed by atoms with E-state index in [0.29, 0.717) is 6.42 Å². The van der Waals surface area contributed by atoms with Crippen LogP contribution in [0.4, 0.5) is 0 Å². The molecule has 0 aromatic rings. The topological polar surface area (TPSA) is 26.3 Å². The lowest BCUT2D eigenvalue weighted by atomic mass is 10.1. The molecule has 2 heteroatoms. The van der Waals surface area contributed by atoms with Crippen molar-refractivity contribution in [2.75, 3.05) is 0 Å². The first-order chi connectivity index (χ1) is 9.83. The molecule has 1 aliphatic heterocycles. The average molecular weight is 278 g/mol. The van der Waals surface area contributed by atoms with Gasteiger partial charge in [0.25, 0.3) is 0 Å². The molecule has 1 unspecified atom stereocenters. The molecule has 0 saturated carbocycles. The van der Waals surface area contributed by atoms with Gasteiger partial charge in [-0.05, 0) is 44.9 Å². The van der Waals surface area contributed by atoms with Crippen LogP contribution in [0.3, 0.4) is 0 Å². The first-order valence-electron chi connectivity index (χ1n) is 8.32. The van der Waals surface area contributed by atoms with Crippen LogP contribution < -0.4 is 0 Å². The van der Waals surface area contributed by atoms with Crippen molar-refractivity contribution >= 4 is 5.97 Å². The summed E-state index contributed by atoms with van der Waals surface area (Å²) in [4.78, 5) is 11.7. The Balaban J connectivity index is 2.39. The Morgan fingerprint density at radius 1 is 1.00 bits per heavy atom. The molecule has 0 aromatic heterocycles. The van der Waals surface area contributed by atoms with Gasteiger partial charge in [-0.3, -0.25) is 4.79 Å². The molecule has 0 aromatic carbocycles. The fourth-order valence-corrected chi connectivity index (χ4v) is 2.44. The Morgan fingerprint density at radius 2 is 1.70 bits per heavy atom. The predicted octanol–water partition coefficient (Wildman–Crippen LogP) is 5.34. The van der Waals surface area contributed by atoms with E-state index in [4.69, 9.17) is 4.74 Å². The third-order valence-electron chi connectivity index (χ3n) is 3.77. The largest absolute Gasteiger partial charge is 0.462 e. The molecular formula is C18H30O2. The average Bonchev–Trinajstić information content (AvgIpc) is 2.45. The van der Waals surface area contributed by atoms with Crippen LogP contribution in [0.2, 0.25) is 0 Å². The van der Waals surface area contributed by atoms with Crippen LogP contribution >= 0.6 is 0 Å². The van der Waals surface area contributed by atoms with E-state index >= 15 is 0 Å². The molecule has 1 heterocycles. The SMILES string of the molecule is CCC1CC/C=C\C/C=C\CCCCCCCC(=O)O1. The highest BCUT2D eigenvalue weighted by Crippen LogP contribution is 2.12. The zero-order chi connectivity index (χ0) is 14.5. The second-order valence-corrected chi connectivity index (χ2v) is 5.58. The van der Waals surface area contributed by atoms with Gasteiger partial charge in [-0.2, -0.15) is 0 Å². The van der Waals surface area contributed by atoms with Crippen LogP contribution in [0.25, 0.3) is 0 Å². The molecule has 0 aliphatic carbocycles. The lowest BCUT2D eigenvalue weighted by molar-refractivity contribution is -0.149. The third kappa shape index (κ3) is 8.95. The zero-order valence-electron chi connectivity index (χ0n) is 13.0. The molecule has 0 bridgehead atoms. The van der Waals surface area contributed by atoms with E-state index in [9.17, 15) is 4.79 Å². The van der Waals surface area contributed by atoms with Crippen molar-refractivity contribution in [3.05, 3.63) is 24.3 Å². The van der Waals surface area contributed by atoms with Crippen molar-refractivity contribution in [3.8, 4) is 0 Å². The van der Waals surface area contributed by atoms with Crippen molar-refractivity contribution < 1.29 is 9.53 Å². The fraction of sp³-hybridized carbons (Fsp3) is 0.722. The maximum absolute atomic E-state index is 11.7. The first-order valence-corrected chi connectivity index (χ1v) is 8.32. The minimum Gasteiger partial charge on any atom is -0.462 e. The summed E-state index contributed by atoms with van der Waals surface area (Å²) in [6, 6.07) is 0. The van der Waals surface area contributed by atoms with E-state index in [2.05, 4.69) is 31.2 Å². The Kier molecular flexibility index (Phi) is 9.99. The molecular weight excluding hydrogens is 248 g/mol. The quantitative estimate of drug-likeness (QED) is 0.478. The van der Waals surface area contributed by atoms with Gasteiger partial charge in [-0.15, -0.1) is 0 Å². The number of cyclic esters (lactones) is 1. The van der Waals surface area contributed by atoms with Crippen molar-refractivity contribution in [3.63, 3.8) is 0 Å². The highest BCUT2D eigenvalue weighted by molar-refractivity contribution is 5.69. The molecule has 1 rings (SSSR count). The molecule has 0 fully saturated rings. The van der Waals surface area contributed by atoms with Gasteiger partial charge in [-0.1, -0.05) is 50.5 Å². The lowest BCUT2D eigenvalue weighted by Gasteiger charge is -2.15. The first kappa shape index (κ1) is 17.0. The van der Waals surface area contributed by atoms with Crippen LogP contribution in [0.1, 0.15) is 77.6 Å². The van der Waals surface area contributed by atoms with Crippen LogP contribution in [-0.2, 0) is 9.53 Å². The molecule has 2 nitrogen and oxygen atoms in total. The van der Waals surface area contributed by atoms with Crippen molar-refractivity contribution in [2.45, 2.75) is 83.7 Å². The molecule has 20 heavy (non-hydrogen) atoms.